The summed E-state index contributed by atoms with van der Waals surface area (Å²) < 4.78 is 12.8. The average molecular weight is 257 g/mol. The average Bonchev–Trinajstić information content (AvgIpc) is 2.46. The van der Waals surface area contributed by atoms with Gasteiger partial charge in [-0.25, -0.2) is 4.39 Å². The largest absolute Gasteiger partial charge is 0.394 e. The van der Waals surface area contributed by atoms with Crippen molar-refractivity contribution in [1.29, 1.82) is 0 Å². The topological polar surface area (TPSA) is 32.6 Å². The van der Waals surface area contributed by atoms with Gasteiger partial charge < -0.3 is 5.11 Å². The summed E-state index contributed by atoms with van der Waals surface area (Å²) in [5.74, 6) is -0.264. The highest BCUT2D eigenvalue weighted by Gasteiger charge is 2.05. The molecule has 2 aromatic carbocycles. The van der Waals surface area contributed by atoms with Crippen LogP contribution in [0.4, 0.5) is 4.39 Å². The minimum atomic E-state index is -0.264. The predicted molar refractivity (Wildman–Crippen MR) is 75.0 cm³/mol. The second kappa shape index (κ2) is 6.81. The molecule has 98 valence electrons. The maximum atomic E-state index is 12.8. The summed E-state index contributed by atoms with van der Waals surface area (Å²) in [6.45, 7) is -0.00735. The standard InChI is InChI=1S/C16H16FNO/c17-15-8-6-14(7-9-15)11-18-16(12-19)10-13-4-2-1-3-5-13/h1-9,11,16,19H,10,12H2/t16-/m0/s1. The summed E-state index contributed by atoms with van der Waals surface area (Å²) in [7, 11) is 0. The van der Waals surface area contributed by atoms with Crippen molar-refractivity contribution < 1.29 is 9.50 Å². The van der Waals surface area contributed by atoms with E-state index in [-0.39, 0.29) is 18.5 Å². The lowest BCUT2D eigenvalue weighted by atomic mass is 10.1. The van der Waals surface area contributed by atoms with E-state index in [1.54, 1.807) is 18.3 Å². The van der Waals surface area contributed by atoms with Gasteiger partial charge in [-0.2, -0.15) is 0 Å². The molecule has 3 heteroatoms. The van der Waals surface area contributed by atoms with Crippen LogP contribution in [0.1, 0.15) is 11.1 Å². The smallest absolute Gasteiger partial charge is 0.123 e. The third-order valence-electron chi connectivity index (χ3n) is 2.83. The molecule has 0 saturated heterocycles. The number of aliphatic hydroxyl groups is 1. The number of hydrogen-bond acceptors (Lipinski definition) is 2. The van der Waals surface area contributed by atoms with Crippen molar-refractivity contribution in [3.63, 3.8) is 0 Å². The van der Waals surface area contributed by atoms with Gasteiger partial charge in [-0.3, -0.25) is 4.99 Å². The lowest BCUT2D eigenvalue weighted by Crippen LogP contribution is -2.14. The van der Waals surface area contributed by atoms with Gasteiger partial charge in [0.2, 0.25) is 0 Å². The van der Waals surface area contributed by atoms with Gasteiger partial charge in [0, 0.05) is 6.21 Å². The van der Waals surface area contributed by atoms with Crippen LogP contribution in [0.5, 0.6) is 0 Å². The number of nitrogens with zero attached hydrogens (tertiary/aromatic N) is 1. The first kappa shape index (κ1) is 13.4. The van der Waals surface area contributed by atoms with Crippen LogP contribution in [0.15, 0.2) is 59.6 Å². The predicted octanol–water partition coefficient (Wildman–Crippen LogP) is 2.85. The van der Waals surface area contributed by atoms with Crippen LogP contribution < -0.4 is 0 Å². The fourth-order valence-electron chi connectivity index (χ4n) is 1.79. The molecule has 19 heavy (non-hydrogen) atoms. The maximum Gasteiger partial charge on any atom is 0.123 e. The summed E-state index contributed by atoms with van der Waals surface area (Å²) in [4.78, 5) is 4.34. The number of aliphatic hydroxyl groups excluding tert-OH is 1. The van der Waals surface area contributed by atoms with Crippen LogP contribution in [-0.4, -0.2) is 24.0 Å². The van der Waals surface area contributed by atoms with Gasteiger partial charge in [-0.05, 0) is 29.7 Å². The highest BCUT2D eigenvalue weighted by Crippen LogP contribution is 2.06. The number of halogens is 1. The van der Waals surface area contributed by atoms with E-state index in [1.807, 2.05) is 30.3 Å². The SMILES string of the molecule is OC[C@H](Cc1ccccc1)N=Cc1ccc(F)cc1. The molecule has 0 radical (unpaired) electrons. The maximum absolute atomic E-state index is 12.8. The Balaban J connectivity index is 2.00. The first-order valence-electron chi connectivity index (χ1n) is 6.21. The summed E-state index contributed by atoms with van der Waals surface area (Å²) in [6.07, 6.45) is 2.36. The lowest BCUT2D eigenvalue weighted by Gasteiger charge is -2.08. The van der Waals surface area contributed by atoms with E-state index < -0.39 is 0 Å². The van der Waals surface area contributed by atoms with Gasteiger partial charge in [0.05, 0.1) is 12.6 Å². The van der Waals surface area contributed by atoms with Crippen LogP contribution in [0, 0.1) is 5.82 Å². The van der Waals surface area contributed by atoms with E-state index in [0.717, 1.165) is 11.1 Å². The molecule has 1 atom stereocenters. The molecule has 2 aromatic rings. The molecule has 0 unspecified atom stereocenters. The molecular formula is C16H16FNO. The zero-order chi connectivity index (χ0) is 13.5. The molecule has 0 bridgehead atoms. The minimum Gasteiger partial charge on any atom is -0.394 e. The first-order valence-corrected chi connectivity index (χ1v) is 6.21. The molecule has 0 saturated carbocycles. The number of rotatable bonds is 5. The number of aliphatic imine (C=N–C) groups is 1. The van der Waals surface area contributed by atoms with Gasteiger partial charge in [-0.1, -0.05) is 42.5 Å². The summed E-state index contributed by atoms with van der Waals surface area (Å²) in [6, 6.07) is 15.9. The quantitative estimate of drug-likeness (QED) is 0.821. The van der Waals surface area contributed by atoms with E-state index in [9.17, 15) is 9.50 Å². The molecular weight excluding hydrogens is 241 g/mol. The highest BCUT2D eigenvalue weighted by molar-refractivity contribution is 5.79. The third kappa shape index (κ3) is 4.30. The monoisotopic (exact) mass is 257 g/mol. The van der Waals surface area contributed by atoms with Crippen molar-refractivity contribution in [3.8, 4) is 0 Å². The fraction of sp³-hybridized carbons (Fsp3) is 0.188. The molecule has 0 aliphatic rings. The lowest BCUT2D eigenvalue weighted by molar-refractivity contribution is 0.266. The Hall–Kier alpha value is -2.00. The minimum absolute atomic E-state index is 0.00735. The molecule has 2 nitrogen and oxygen atoms in total. The highest BCUT2D eigenvalue weighted by atomic mass is 19.1. The van der Waals surface area contributed by atoms with E-state index in [2.05, 4.69) is 4.99 Å². The van der Waals surface area contributed by atoms with Crippen molar-refractivity contribution in [2.45, 2.75) is 12.5 Å². The van der Waals surface area contributed by atoms with Crippen molar-refractivity contribution in [2.75, 3.05) is 6.61 Å². The van der Waals surface area contributed by atoms with Gasteiger partial charge in [-0.15, -0.1) is 0 Å². The summed E-state index contributed by atoms with van der Waals surface area (Å²) in [5.41, 5.74) is 1.96. The molecule has 0 heterocycles. The van der Waals surface area contributed by atoms with Gasteiger partial charge in [0.15, 0.2) is 0 Å². The Labute approximate surface area is 112 Å². The molecule has 0 aliphatic heterocycles. The summed E-state index contributed by atoms with van der Waals surface area (Å²) in [5, 5.41) is 9.34. The number of benzene rings is 2. The molecule has 0 aromatic heterocycles. The van der Waals surface area contributed by atoms with Crippen molar-refractivity contribution in [2.24, 2.45) is 4.99 Å². The second-order valence-corrected chi connectivity index (χ2v) is 4.36. The number of hydrogen-bond donors (Lipinski definition) is 1. The van der Waals surface area contributed by atoms with E-state index in [0.29, 0.717) is 6.42 Å². The zero-order valence-electron chi connectivity index (χ0n) is 10.5. The fourth-order valence-corrected chi connectivity index (χ4v) is 1.79. The van der Waals surface area contributed by atoms with E-state index >= 15 is 0 Å². The first-order chi connectivity index (χ1) is 9.28. The molecule has 0 aliphatic carbocycles. The molecule has 0 spiro atoms. The molecule has 2 rings (SSSR count). The van der Waals surface area contributed by atoms with Crippen LogP contribution in [-0.2, 0) is 6.42 Å². The Kier molecular flexibility index (Phi) is 4.81. The Morgan fingerprint density at radius 2 is 1.74 bits per heavy atom. The normalized spacial score (nSPS) is 12.7. The molecule has 1 N–H and O–H groups in total. The van der Waals surface area contributed by atoms with E-state index in [1.165, 1.54) is 12.1 Å². The third-order valence-corrected chi connectivity index (χ3v) is 2.83. The van der Waals surface area contributed by atoms with Crippen LogP contribution in [0.3, 0.4) is 0 Å². The molecule has 0 amide bonds. The Morgan fingerprint density at radius 1 is 1.05 bits per heavy atom. The van der Waals surface area contributed by atoms with Crippen molar-refractivity contribution in [1.82, 2.24) is 0 Å². The van der Waals surface area contributed by atoms with Crippen LogP contribution in [0.2, 0.25) is 0 Å². The molecule has 0 fully saturated rings. The Bertz CT molecular complexity index is 522. The second-order valence-electron chi connectivity index (χ2n) is 4.36. The van der Waals surface area contributed by atoms with Crippen molar-refractivity contribution >= 4 is 6.21 Å². The Morgan fingerprint density at radius 3 is 2.37 bits per heavy atom. The summed E-state index contributed by atoms with van der Waals surface area (Å²) >= 11 is 0. The van der Waals surface area contributed by atoms with Gasteiger partial charge >= 0.3 is 0 Å². The van der Waals surface area contributed by atoms with Gasteiger partial charge in [0.25, 0.3) is 0 Å². The van der Waals surface area contributed by atoms with Gasteiger partial charge in [0.1, 0.15) is 5.82 Å². The van der Waals surface area contributed by atoms with E-state index in [4.69, 9.17) is 0 Å². The van der Waals surface area contributed by atoms with Crippen molar-refractivity contribution in [3.05, 3.63) is 71.5 Å². The van der Waals surface area contributed by atoms with Crippen LogP contribution in [0.25, 0.3) is 0 Å². The zero-order valence-corrected chi connectivity index (χ0v) is 10.5. The van der Waals surface area contributed by atoms with Crippen LogP contribution >= 0.6 is 0 Å².